The number of hydrogen-bond donors (Lipinski definition) is 0. The van der Waals surface area contributed by atoms with Crippen molar-refractivity contribution in [2.75, 3.05) is 0 Å². The summed E-state index contributed by atoms with van der Waals surface area (Å²) in [5.74, 6) is -0.697. The Morgan fingerprint density at radius 2 is 2.15 bits per heavy atom. The number of aryl methyl sites for hydroxylation is 1. The van der Waals surface area contributed by atoms with Crippen molar-refractivity contribution in [1.82, 2.24) is 9.78 Å². The molecule has 0 saturated carbocycles. The molecular formula is C8H10ClFN2O. The summed E-state index contributed by atoms with van der Waals surface area (Å²) >= 11 is 5.24. The van der Waals surface area contributed by atoms with Crippen molar-refractivity contribution in [3.63, 3.8) is 0 Å². The van der Waals surface area contributed by atoms with Crippen molar-refractivity contribution in [3.05, 3.63) is 17.2 Å². The van der Waals surface area contributed by atoms with E-state index in [-0.39, 0.29) is 11.5 Å². The van der Waals surface area contributed by atoms with E-state index in [2.05, 4.69) is 5.10 Å². The van der Waals surface area contributed by atoms with Crippen LogP contribution in [0.5, 0.6) is 0 Å². The molecule has 13 heavy (non-hydrogen) atoms. The first kappa shape index (κ1) is 10.2. The Morgan fingerprint density at radius 1 is 1.62 bits per heavy atom. The van der Waals surface area contributed by atoms with E-state index in [1.165, 1.54) is 7.05 Å². The summed E-state index contributed by atoms with van der Waals surface area (Å²) in [6.07, 6.45) is 0. The van der Waals surface area contributed by atoms with Crippen molar-refractivity contribution in [1.29, 1.82) is 0 Å². The van der Waals surface area contributed by atoms with Crippen LogP contribution in [-0.2, 0) is 7.05 Å². The van der Waals surface area contributed by atoms with E-state index in [1.54, 1.807) is 0 Å². The van der Waals surface area contributed by atoms with Crippen LogP contribution in [0.25, 0.3) is 0 Å². The number of hydrogen-bond acceptors (Lipinski definition) is 2. The van der Waals surface area contributed by atoms with Crippen LogP contribution in [0.1, 0.15) is 35.8 Å². The molecule has 1 heterocycles. The third-order valence-electron chi connectivity index (χ3n) is 1.75. The maximum absolute atomic E-state index is 13.2. The fourth-order valence-electron chi connectivity index (χ4n) is 1.11. The van der Waals surface area contributed by atoms with Gasteiger partial charge in [-0.05, 0) is 17.5 Å². The first-order valence-corrected chi connectivity index (χ1v) is 4.25. The molecule has 5 heteroatoms. The highest BCUT2D eigenvalue weighted by molar-refractivity contribution is 6.67. The van der Waals surface area contributed by atoms with Crippen LogP contribution in [0.3, 0.4) is 0 Å². The Bertz CT molecular complexity index is 346. The predicted octanol–water partition coefficient (Wildman–Crippen LogP) is 2.06. The van der Waals surface area contributed by atoms with Crippen molar-refractivity contribution < 1.29 is 9.18 Å². The van der Waals surface area contributed by atoms with Crippen LogP contribution in [0.15, 0.2) is 0 Å². The number of rotatable bonds is 2. The molecule has 0 bridgehead atoms. The van der Waals surface area contributed by atoms with E-state index in [9.17, 15) is 9.18 Å². The SMILES string of the molecule is CC(C)c1nn(C)c(F)c1C(=O)Cl. The van der Waals surface area contributed by atoms with Crippen LogP contribution in [0.2, 0.25) is 0 Å². The summed E-state index contributed by atoms with van der Waals surface area (Å²) in [5, 5.41) is 3.07. The van der Waals surface area contributed by atoms with E-state index >= 15 is 0 Å². The highest BCUT2D eigenvalue weighted by Gasteiger charge is 2.22. The van der Waals surface area contributed by atoms with Crippen LogP contribution < -0.4 is 0 Å². The highest BCUT2D eigenvalue weighted by atomic mass is 35.5. The van der Waals surface area contributed by atoms with Gasteiger partial charge in [-0.25, -0.2) is 4.68 Å². The highest BCUT2D eigenvalue weighted by Crippen LogP contribution is 2.21. The number of carbonyl (C=O) groups is 1. The Labute approximate surface area is 80.5 Å². The molecule has 0 atom stereocenters. The smallest absolute Gasteiger partial charge is 0.258 e. The Balaban J connectivity index is 3.35. The van der Waals surface area contributed by atoms with Crippen molar-refractivity contribution in [2.45, 2.75) is 19.8 Å². The molecule has 1 rings (SSSR count). The summed E-state index contributed by atoms with van der Waals surface area (Å²) < 4.78 is 14.2. The van der Waals surface area contributed by atoms with E-state index in [0.29, 0.717) is 5.69 Å². The van der Waals surface area contributed by atoms with Gasteiger partial charge in [-0.2, -0.15) is 9.49 Å². The molecule has 0 amide bonds. The fourth-order valence-corrected chi connectivity index (χ4v) is 1.28. The summed E-state index contributed by atoms with van der Waals surface area (Å²) in [5.41, 5.74) is 0.291. The molecule has 1 aromatic heterocycles. The lowest BCUT2D eigenvalue weighted by Crippen LogP contribution is -1.99. The van der Waals surface area contributed by atoms with E-state index < -0.39 is 11.2 Å². The van der Waals surface area contributed by atoms with Gasteiger partial charge in [-0.15, -0.1) is 0 Å². The lowest BCUT2D eigenvalue weighted by atomic mass is 10.1. The molecular weight excluding hydrogens is 195 g/mol. The molecule has 3 nitrogen and oxygen atoms in total. The van der Waals surface area contributed by atoms with Crippen molar-refractivity contribution in [2.24, 2.45) is 7.05 Å². The van der Waals surface area contributed by atoms with Crippen molar-refractivity contribution in [3.8, 4) is 0 Å². The van der Waals surface area contributed by atoms with Crippen LogP contribution in [-0.4, -0.2) is 15.0 Å². The quantitative estimate of drug-likeness (QED) is 0.692. The van der Waals surface area contributed by atoms with Gasteiger partial charge in [-0.1, -0.05) is 13.8 Å². The standard InChI is InChI=1S/C8H10ClFN2O/c1-4(2)6-5(7(9)13)8(10)12(3)11-6/h4H,1-3H3. The van der Waals surface area contributed by atoms with Gasteiger partial charge >= 0.3 is 0 Å². The molecule has 0 fully saturated rings. The van der Waals surface area contributed by atoms with Gasteiger partial charge in [0.1, 0.15) is 5.56 Å². The Morgan fingerprint density at radius 3 is 2.46 bits per heavy atom. The second-order valence-corrected chi connectivity index (χ2v) is 3.45. The van der Waals surface area contributed by atoms with Gasteiger partial charge in [0.2, 0.25) is 5.95 Å². The fraction of sp³-hybridized carbons (Fsp3) is 0.500. The molecule has 0 aliphatic carbocycles. The molecule has 0 aromatic carbocycles. The summed E-state index contributed by atoms with van der Waals surface area (Å²) in [4.78, 5) is 10.9. The maximum atomic E-state index is 13.2. The van der Waals surface area contributed by atoms with E-state index in [0.717, 1.165) is 4.68 Å². The van der Waals surface area contributed by atoms with E-state index in [4.69, 9.17) is 11.6 Å². The lowest BCUT2D eigenvalue weighted by Gasteiger charge is -1.99. The third kappa shape index (κ3) is 1.72. The molecule has 0 radical (unpaired) electrons. The van der Waals surface area contributed by atoms with Crippen LogP contribution in [0.4, 0.5) is 4.39 Å². The Hall–Kier alpha value is -0.900. The largest absolute Gasteiger partial charge is 0.275 e. The van der Waals surface area contributed by atoms with Crippen LogP contribution >= 0.6 is 11.6 Å². The topological polar surface area (TPSA) is 34.9 Å². The summed E-state index contributed by atoms with van der Waals surface area (Å²) in [7, 11) is 1.44. The monoisotopic (exact) mass is 204 g/mol. The summed E-state index contributed by atoms with van der Waals surface area (Å²) in [6.45, 7) is 3.65. The van der Waals surface area contributed by atoms with Crippen molar-refractivity contribution >= 4 is 16.8 Å². The second kappa shape index (κ2) is 3.46. The average molecular weight is 205 g/mol. The zero-order valence-corrected chi connectivity index (χ0v) is 8.39. The first-order valence-electron chi connectivity index (χ1n) is 3.87. The number of nitrogens with zero attached hydrogens (tertiary/aromatic N) is 2. The minimum absolute atomic E-state index is 0.0200. The maximum Gasteiger partial charge on any atom is 0.258 e. The molecule has 0 aliphatic rings. The minimum atomic E-state index is -0.797. The van der Waals surface area contributed by atoms with E-state index in [1.807, 2.05) is 13.8 Å². The predicted molar refractivity (Wildman–Crippen MR) is 47.4 cm³/mol. The number of halogens is 2. The molecule has 72 valence electrons. The lowest BCUT2D eigenvalue weighted by molar-refractivity contribution is 0.107. The normalized spacial score (nSPS) is 10.9. The van der Waals surface area contributed by atoms with Gasteiger partial charge in [0.25, 0.3) is 5.24 Å². The zero-order chi connectivity index (χ0) is 10.2. The third-order valence-corrected chi connectivity index (χ3v) is 1.94. The van der Waals surface area contributed by atoms with Crippen LogP contribution in [0, 0.1) is 5.95 Å². The minimum Gasteiger partial charge on any atom is -0.275 e. The van der Waals surface area contributed by atoms with Gasteiger partial charge in [0.05, 0.1) is 5.69 Å². The van der Waals surface area contributed by atoms with Gasteiger partial charge < -0.3 is 0 Å². The second-order valence-electron chi connectivity index (χ2n) is 3.10. The molecule has 0 N–H and O–H groups in total. The number of carbonyl (C=O) groups excluding carboxylic acids is 1. The number of aromatic nitrogens is 2. The van der Waals surface area contributed by atoms with Gasteiger partial charge in [0, 0.05) is 7.05 Å². The average Bonchev–Trinajstić information content (AvgIpc) is 2.28. The molecule has 0 spiro atoms. The first-order chi connectivity index (χ1) is 5.95. The molecule has 0 aliphatic heterocycles. The zero-order valence-electron chi connectivity index (χ0n) is 7.64. The Kier molecular flexibility index (Phi) is 2.71. The molecule has 0 unspecified atom stereocenters. The molecule has 1 aromatic rings. The van der Waals surface area contributed by atoms with Gasteiger partial charge in [0.15, 0.2) is 0 Å². The van der Waals surface area contributed by atoms with Gasteiger partial charge in [-0.3, -0.25) is 4.79 Å². The molecule has 0 saturated heterocycles. The summed E-state index contributed by atoms with van der Waals surface area (Å²) in [6, 6.07) is 0.